The maximum atomic E-state index is 14.0. The number of aromatic nitrogens is 1. The second-order valence-electron chi connectivity index (χ2n) is 9.60. The van der Waals surface area contributed by atoms with Gasteiger partial charge in [-0.25, -0.2) is 14.6 Å². The molecule has 3 aromatic rings. The van der Waals surface area contributed by atoms with Crippen LogP contribution in [-0.4, -0.2) is 55.1 Å². The largest absolute Gasteiger partial charge is 0.493 e. The first kappa shape index (κ1) is 32.1. The highest BCUT2D eigenvalue weighted by atomic mass is 127. The molecule has 0 bridgehead atoms. The molecule has 11 nitrogen and oxygen atoms in total. The molecule has 43 heavy (non-hydrogen) atoms. The molecule has 2 heterocycles. The van der Waals surface area contributed by atoms with Crippen LogP contribution in [0.3, 0.4) is 0 Å². The summed E-state index contributed by atoms with van der Waals surface area (Å²) >= 11 is 3.20. The zero-order valence-electron chi connectivity index (χ0n) is 24.4. The summed E-state index contributed by atoms with van der Waals surface area (Å²) in [4.78, 5) is 43.3. The molecule has 1 N–H and O–H groups in total. The number of allylic oxidation sites excluding steroid dienone is 1. The van der Waals surface area contributed by atoms with E-state index >= 15 is 0 Å². The van der Waals surface area contributed by atoms with E-state index < -0.39 is 24.6 Å². The molecule has 1 aliphatic heterocycles. The van der Waals surface area contributed by atoms with Crippen LogP contribution in [0, 0.1) is 3.57 Å². The third kappa shape index (κ3) is 6.88. The molecular formula is C30H31IN2O9S. The standard InChI is InChI=1S/C30H31IN2O9S/c1-7-40-29(37)25-16(4)32-30-33(26(25)18-8-9-20(42-15(2)3)21(13-18)38-5)28(36)23(43-30)12-17-10-19(31)27(22(11-17)39-6)41-14-24(34)35/h8-13,15,26H,7,14H2,1-6H3,(H,34,35)/b23-12-/t26-/m0/s1. The number of rotatable bonds is 11. The molecule has 4 rings (SSSR count). The smallest absolute Gasteiger partial charge is 0.341 e. The molecule has 1 aliphatic rings. The Balaban J connectivity index is 1.90. The van der Waals surface area contributed by atoms with E-state index in [2.05, 4.69) is 4.99 Å². The lowest BCUT2D eigenvalue weighted by Gasteiger charge is -2.25. The van der Waals surface area contributed by atoms with Gasteiger partial charge in [0.05, 0.1) is 52.3 Å². The van der Waals surface area contributed by atoms with Crippen LogP contribution in [0.25, 0.3) is 6.08 Å². The molecule has 0 aliphatic carbocycles. The van der Waals surface area contributed by atoms with Crippen molar-refractivity contribution in [2.75, 3.05) is 27.4 Å². The molecule has 0 saturated carbocycles. The van der Waals surface area contributed by atoms with Gasteiger partial charge in [-0.2, -0.15) is 0 Å². The quantitative estimate of drug-likeness (QED) is 0.233. The van der Waals surface area contributed by atoms with Gasteiger partial charge in [-0.1, -0.05) is 17.4 Å². The molecule has 0 amide bonds. The second-order valence-corrected chi connectivity index (χ2v) is 11.8. The number of halogens is 1. The number of nitrogens with zero attached hydrogens (tertiary/aromatic N) is 2. The lowest BCUT2D eigenvalue weighted by Crippen LogP contribution is -2.40. The lowest BCUT2D eigenvalue weighted by atomic mass is 9.95. The van der Waals surface area contributed by atoms with E-state index in [0.717, 1.165) is 0 Å². The summed E-state index contributed by atoms with van der Waals surface area (Å²) in [6.45, 7) is 6.87. The van der Waals surface area contributed by atoms with E-state index in [1.54, 1.807) is 50.3 Å². The van der Waals surface area contributed by atoms with Crippen LogP contribution in [0.5, 0.6) is 23.0 Å². The molecule has 0 saturated heterocycles. The number of carboxylic acids is 1. The van der Waals surface area contributed by atoms with Crippen LogP contribution >= 0.6 is 33.9 Å². The number of carbonyl (C=O) groups is 2. The van der Waals surface area contributed by atoms with Crippen molar-refractivity contribution in [1.29, 1.82) is 0 Å². The van der Waals surface area contributed by atoms with Crippen LogP contribution in [0.1, 0.15) is 44.9 Å². The molecule has 0 unspecified atom stereocenters. The number of benzene rings is 2. The zero-order valence-corrected chi connectivity index (χ0v) is 27.4. The second kappa shape index (κ2) is 13.6. The van der Waals surface area contributed by atoms with Crippen molar-refractivity contribution in [3.63, 3.8) is 0 Å². The lowest BCUT2D eigenvalue weighted by molar-refractivity contribution is -0.140. The van der Waals surface area contributed by atoms with E-state index in [-0.39, 0.29) is 29.6 Å². The third-order valence-corrected chi connectivity index (χ3v) is 8.06. The first-order chi connectivity index (χ1) is 20.5. The van der Waals surface area contributed by atoms with Gasteiger partial charge in [0.1, 0.15) is 0 Å². The minimum atomic E-state index is -1.12. The SMILES string of the molecule is CCOC(=O)C1=C(C)N=c2s/c(=C\c3cc(I)c(OCC(=O)O)c(OC)c3)c(=O)n2[C@H]1c1ccc(OC(C)C)c(OC)c1. The number of esters is 1. The van der Waals surface area contributed by atoms with Gasteiger partial charge in [-0.15, -0.1) is 0 Å². The Morgan fingerprint density at radius 1 is 1.14 bits per heavy atom. The normalized spacial score (nSPS) is 14.7. The van der Waals surface area contributed by atoms with Gasteiger partial charge in [-0.05, 0) is 91.8 Å². The van der Waals surface area contributed by atoms with Crippen molar-refractivity contribution < 1.29 is 38.4 Å². The number of carbonyl (C=O) groups excluding carboxylic acids is 1. The first-order valence-corrected chi connectivity index (χ1v) is 15.1. The molecule has 0 fully saturated rings. The number of ether oxygens (including phenoxy) is 5. The number of aliphatic carboxylic acids is 1. The number of methoxy groups -OCH3 is 2. The molecular weight excluding hydrogens is 691 g/mol. The average Bonchev–Trinajstić information content (AvgIpc) is 3.25. The van der Waals surface area contributed by atoms with Crippen molar-refractivity contribution in [3.05, 3.63) is 76.0 Å². The minimum Gasteiger partial charge on any atom is -0.493 e. The predicted molar refractivity (Wildman–Crippen MR) is 168 cm³/mol. The van der Waals surface area contributed by atoms with Crippen LogP contribution in [-0.2, 0) is 14.3 Å². The van der Waals surface area contributed by atoms with E-state index in [1.807, 2.05) is 36.4 Å². The molecule has 0 spiro atoms. The Hall–Kier alpha value is -3.85. The van der Waals surface area contributed by atoms with Crippen LogP contribution in [0.15, 0.2) is 51.4 Å². The van der Waals surface area contributed by atoms with E-state index in [9.17, 15) is 14.4 Å². The summed E-state index contributed by atoms with van der Waals surface area (Å²) in [7, 11) is 2.97. The van der Waals surface area contributed by atoms with Gasteiger partial charge < -0.3 is 28.8 Å². The number of thiazole rings is 1. The maximum Gasteiger partial charge on any atom is 0.341 e. The molecule has 1 aromatic heterocycles. The highest BCUT2D eigenvalue weighted by Crippen LogP contribution is 2.37. The van der Waals surface area contributed by atoms with Crippen molar-refractivity contribution in [3.8, 4) is 23.0 Å². The molecule has 13 heteroatoms. The van der Waals surface area contributed by atoms with Gasteiger partial charge >= 0.3 is 11.9 Å². The number of hydrogen-bond acceptors (Lipinski definition) is 10. The zero-order chi connectivity index (χ0) is 31.4. The van der Waals surface area contributed by atoms with E-state index in [4.69, 9.17) is 28.8 Å². The Morgan fingerprint density at radius 3 is 2.49 bits per heavy atom. The van der Waals surface area contributed by atoms with Crippen LogP contribution < -0.4 is 33.8 Å². The Kier molecular flexibility index (Phi) is 10.2. The van der Waals surface area contributed by atoms with Crippen molar-refractivity contribution >= 4 is 51.9 Å². The Morgan fingerprint density at radius 2 is 1.86 bits per heavy atom. The summed E-state index contributed by atoms with van der Waals surface area (Å²) < 4.78 is 30.1. The van der Waals surface area contributed by atoms with Gasteiger partial charge in [0, 0.05) is 0 Å². The summed E-state index contributed by atoms with van der Waals surface area (Å²) in [5.74, 6) is -0.0843. The van der Waals surface area contributed by atoms with Crippen LogP contribution in [0.4, 0.5) is 0 Å². The maximum absolute atomic E-state index is 14.0. The number of carboxylic acid groups (broad SMARTS) is 1. The van der Waals surface area contributed by atoms with Crippen molar-refractivity contribution in [1.82, 2.24) is 4.57 Å². The summed E-state index contributed by atoms with van der Waals surface area (Å²) in [5.41, 5.74) is 1.58. The number of hydrogen-bond donors (Lipinski definition) is 1. The van der Waals surface area contributed by atoms with Gasteiger partial charge in [0.15, 0.2) is 34.4 Å². The highest BCUT2D eigenvalue weighted by Gasteiger charge is 2.34. The fourth-order valence-electron chi connectivity index (χ4n) is 4.56. The highest BCUT2D eigenvalue weighted by molar-refractivity contribution is 14.1. The van der Waals surface area contributed by atoms with E-state index in [1.165, 1.54) is 30.1 Å². The fraction of sp³-hybridized carbons (Fsp3) is 0.333. The molecule has 0 radical (unpaired) electrons. The minimum absolute atomic E-state index is 0.0888. The third-order valence-electron chi connectivity index (χ3n) is 6.27. The molecule has 2 aromatic carbocycles. The molecule has 228 valence electrons. The predicted octanol–water partition coefficient (Wildman–Crippen LogP) is 3.67. The van der Waals surface area contributed by atoms with Gasteiger partial charge in [0.25, 0.3) is 5.56 Å². The van der Waals surface area contributed by atoms with Crippen molar-refractivity contribution in [2.24, 2.45) is 4.99 Å². The number of fused-ring (bicyclic) bond motifs is 1. The molecule has 1 atom stereocenters. The summed E-state index contributed by atoms with van der Waals surface area (Å²) in [6.07, 6.45) is 1.60. The summed E-state index contributed by atoms with van der Waals surface area (Å²) in [5, 5.41) is 9.01. The van der Waals surface area contributed by atoms with Crippen LogP contribution in [0.2, 0.25) is 0 Å². The monoisotopic (exact) mass is 722 g/mol. The Labute approximate surface area is 265 Å². The average molecular weight is 723 g/mol. The fourth-order valence-corrected chi connectivity index (χ4v) is 6.39. The topological polar surface area (TPSA) is 135 Å². The van der Waals surface area contributed by atoms with E-state index in [0.29, 0.717) is 47.0 Å². The Bertz CT molecular complexity index is 1770. The van der Waals surface area contributed by atoms with Gasteiger partial charge in [-0.3, -0.25) is 9.36 Å². The summed E-state index contributed by atoms with van der Waals surface area (Å²) in [6, 6.07) is 7.88. The van der Waals surface area contributed by atoms with Gasteiger partial charge in [0.2, 0.25) is 0 Å². The first-order valence-electron chi connectivity index (χ1n) is 13.2. The van der Waals surface area contributed by atoms with Crippen molar-refractivity contribution in [2.45, 2.75) is 39.8 Å².